The minimum Gasteiger partial charge on any atom is -0.376 e. The summed E-state index contributed by atoms with van der Waals surface area (Å²) in [5.74, 6) is 1.39. The molecule has 1 saturated heterocycles. The summed E-state index contributed by atoms with van der Waals surface area (Å²) in [7, 11) is 0. The minimum atomic E-state index is -0.131. The Morgan fingerprint density at radius 2 is 1.94 bits per heavy atom. The Labute approximate surface area is 187 Å². The fraction of sp³-hybridized carbons (Fsp3) is 0.308. The van der Waals surface area contributed by atoms with Crippen molar-refractivity contribution in [2.45, 2.75) is 46.3 Å². The van der Waals surface area contributed by atoms with Crippen molar-refractivity contribution in [2.24, 2.45) is 0 Å². The number of nitrogens with zero attached hydrogens (tertiary/aromatic N) is 2. The van der Waals surface area contributed by atoms with Crippen LogP contribution in [0.1, 0.15) is 40.0 Å². The first-order valence-electron chi connectivity index (χ1n) is 11.2. The van der Waals surface area contributed by atoms with Crippen molar-refractivity contribution in [3.05, 3.63) is 70.9 Å². The summed E-state index contributed by atoms with van der Waals surface area (Å²) in [5.41, 5.74) is 6.77. The van der Waals surface area contributed by atoms with Gasteiger partial charge in [0.1, 0.15) is 11.6 Å². The maximum absolute atomic E-state index is 13.2. The number of carbonyl (C=O) groups is 1. The Morgan fingerprint density at radius 3 is 2.66 bits per heavy atom. The standard InChI is InChI=1S/C26H28N4O2/c1-16-10-12-19(13-11-16)26(31)29-25-23(24-27-21-8-4-5-9-22(21)28-24)17(2)18(3)30(25)15-20-7-6-14-32-20/h4-5,8-13,20H,6-7,14-15H2,1-3H3,(H,27,28)(H,29,31)/t20-/m1/s1. The van der Waals surface area contributed by atoms with E-state index in [9.17, 15) is 4.79 Å². The van der Waals surface area contributed by atoms with Crippen molar-refractivity contribution in [3.63, 3.8) is 0 Å². The Hall–Kier alpha value is -3.38. The summed E-state index contributed by atoms with van der Waals surface area (Å²) in [5, 5.41) is 3.20. The van der Waals surface area contributed by atoms with Gasteiger partial charge >= 0.3 is 0 Å². The highest BCUT2D eigenvalue weighted by Crippen LogP contribution is 2.36. The van der Waals surface area contributed by atoms with Crippen LogP contribution in [0.2, 0.25) is 0 Å². The first kappa shape index (κ1) is 20.5. The molecule has 2 aromatic heterocycles. The fourth-order valence-corrected chi connectivity index (χ4v) is 4.46. The molecule has 0 bridgehead atoms. The van der Waals surface area contributed by atoms with Crippen LogP contribution in [0.15, 0.2) is 48.5 Å². The molecule has 6 heteroatoms. The molecule has 0 unspecified atom stereocenters. The SMILES string of the molecule is Cc1ccc(C(=O)Nc2c(-c3nc4ccccc4[nH]3)c(C)c(C)n2C[C@H]2CCCO2)cc1. The molecule has 2 aromatic carbocycles. The van der Waals surface area contributed by atoms with E-state index in [-0.39, 0.29) is 12.0 Å². The second kappa shape index (κ2) is 8.28. The number of benzene rings is 2. The number of aryl methyl sites for hydroxylation is 1. The molecule has 2 N–H and O–H groups in total. The van der Waals surface area contributed by atoms with Crippen LogP contribution in [0.25, 0.3) is 22.4 Å². The van der Waals surface area contributed by atoms with Crippen molar-refractivity contribution in [2.75, 3.05) is 11.9 Å². The quantitative estimate of drug-likeness (QED) is 0.448. The van der Waals surface area contributed by atoms with Gasteiger partial charge in [0.2, 0.25) is 0 Å². The van der Waals surface area contributed by atoms with Crippen LogP contribution in [-0.4, -0.2) is 33.2 Å². The molecule has 6 nitrogen and oxygen atoms in total. The number of anilines is 1. The van der Waals surface area contributed by atoms with E-state index in [4.69, 9.17) is 9.72 Å². The van der Waals surface area contributed by atoms with E-state index in [1.54, 1.807) is 0 Å². The number of imidazole rings is 1. The average molecular weight is 429 g/mol. The number of aromatic amines is 1. The topological polar surface area (TPSA) is 71.9 Å². The van der Waals surface area contributed by atoms with Gasteiger partial charge in [0.15, 0.2) is 0 Å². The molecule has 0 spiro atoms. The third-order valence-electron chi connectivity index (χ3n) is 6.41. The van der Waals surface area contributed by atoms with Gasteiger partial charge in [0, 0.05) is 17.9 Å². The van der Waals surface area contributed by atoms with E-state index >= 15 is 0 Å². The number of fused-ring (bicyclic) bond motifs is 1. The number of carbonyl (C=O) groups excluding carboxylic acids is 1. The summed E-state index contributed by atoms with van der Waals surface area (Å²) in [6.45, 7) is 7.70. The van der Waals surface area contributed by atoms with Gasteiger partial charge in [-0.15, -0.1) is 0 Å². The highest BCUT2D eigenvalue weighted by molar-refractivity contribution is 6.06. The third-order valence-corrected chi connectivity index (χ3v) is 6.41. The number of ether oxygens (including phenoxy) is 1. The highest BCUT2D eigenvalue weighted by Gasteiger charge is 2.26. The molecule has 0 saturated carbocycles. The van der Waals surface area contributed by atoms with Crippen molar-refractivity contribution < 1.29 is 9.53 Å². The van der Waals surface area contributed by atoms with Gasteiger partial charge in [0.05, 0.1) is 29.2 Å². The molecule has 1 aliphatic heterocycles. The van der Waals surface area contributed by atoms with Crippen molar-refractivity contribution >= 4 is 22.8 Å². The van der Waals surface area contributed by atoms with Crippen LogP contribution in [0, 0.1) is 20.8 Å². The lowest BCUT2D eigenvalue weighted by atomic mass is 10.1. The van der Waals surface area contributed by atoms with E-state index in [1.165, 1.54) is 0 Å². The highest BCUT2D eigenvalue weighted by atomic mass is 16.5. The largest absolute Gasteiger partial charge is 0.376 e. The number of rotatable bonds is 5. The summed E-state index contributed by atoms with van der Waals surface area (Å²) < 4.78 is 8.10. The molecular formula is C26H28N4O2. The lowest BCUT2D eigenvalue weighted by Gasteiger charge is -2.17. The van der Waals surface area contributed by atoms with Gasteiger partial charge in [-0.3, -0.25) is 4.79 Å². The van der Waals surface area contributed by atoms with E-state index in [1.807, 2.05) is 55.5 Å². The predicted octanol–water partition coefficient (Wildman–Crippen LogP) is 5.39. The number of amides is 1. The van der Waals surface area contributed by atoms with Gasteiger partial charge in [-0.05, 0) is 63.4 Å². The number of nitrogens with one attached hydrogen (secondary N) is 2. The average Bonchev–Trinajstić information content (AvgIpc) is 3.50. The van der Waals surface area contributed by atoms with Crippen molar-refractivity contribution in [1.29, 1.82) is 0 Å². The van der Waals surface area contributed by atoms with Crippen molar-refractivity contribution in [1.82, 2.24) is 14.5 Å². The normalized spacial score (nSPS) is 16.0. The zero-order valence-corrected chi connectivity index (χ0v) is 18.7. The number of aromatic nitrogens is 3. The molecule has 164 valence electrons. The van der Waals surface area contributed by atoms with Gasteiger partial charge < -0.3 is 19.6 Å². The smallest absolute Gasteiger partial charge is 0.256 e. The molecule has 1 aliphatic rings. The Balaban J connectivity index is 1.61. The molecule has 0 aliphatic carbocycles. The lowest BCUT2D eigenvalue weighted by molar-refractivity contribution is 0.0962. The van der Waals surface area contributed by atoms with E-state index in [2.05, 4.69) is 28.7 Å². The van der Waals surface area contributed by atoms with E-state index < -0.39 is 0 Å². The van der Waals surface area contributed by atoms with Crippen LogP contribution in [0.4, 0.5) is 5.82 Å². The molecule has 1 atom stereocenters. The summed E-state index contributed by atoms with van der Waals surface area (Å²) in [6.07, 6.45) is 2.26. The first-order chi connectivity index (χ1) is 15.5. The molecule has 1 fully saturated rings. The molecule has 5 rings (SSSR count). The van der Waals surface area contributed by atoms with Crippen LogP contribution in [0.5, 0.6) is 0 Å². The van der Waals surface area contributed by atoms with Crippen molar-refractivity contribution in [3.8, 4) is 11.4 Å². The van der Waals surface area contributed by atoms with Gasteiger partial charge in [-0.1, -0.05) is 29.8 Å². The molecular weight excluding hydrogens is 400 g/mol. The number of para-hydroxylation sites is 2. The summed E-state index contributed by atoms with van der Waals surface area (Å²) >= 11 is 0. The second-order valence-corrected chi connectivity index (χ2v) is 8.60. The number of H-pyrrole nitrogens is 1. The monoisotopic (exact) mass is 428 g/mol. The van der Waals surface area contributed by atoms with Gasteiger partial charge in [-0.25, -0.2) is 4.98 Å². The molecule has 32 heavy (non-hydrogen) atoms. The second-order valence-electron chi connectivity index (χ2n) is 8.60. The molecule has 3 heterocycles. The fourth-order valence-electron chi connectivity index (χ4n) is 4.46. The molecule has 4 aromatic rings. The van der Waals surface area contributed by atoms with Crippen LogP contribution in [0.3, 0.4) is 0 Å². The zero-order valence-electron chi connectivity index (χ0n) is 18.7. The predicted molar refractivity (Wildman–Crippen MR) is 127 cm³/mol. The number of hydrogen-bond donors (Lipinski definition) is 2. The Kier molecular flexibility index (Phi) is 5.31. The van der Waals surface area contributed by atoms with Crippen LogP contribution < -0.4 is 5.32 Å². The number of hydrogen-bond acceptors (Lipinski definition) is 3. The first-order valence-corrected chi connectivity index (χ1v) is 11.2. The maximum Gasteiger partial charge on any atom is 0.256 e. The third kappa shape index (κ3) is 3.71. The molecule has 1 amide bonds. The van der Waals surface area contributed by atoms with Crippen LogP contribution >= 0.6 is 0 Å². The van der Waals surface area contributed by atoms with E-state index in [0.29, 0.717) is 12.1 Å². The summed E-state index contributed by atoms with van der Waals surface area (Å²) in [4.78, 5) is 21.5. The minimum absolute atomic E-state index is 0.131. The summed E-state index contributed by atoms with van der Waals surface area (Å²) in [6, 6.07) is 15.6. The lowest BCUT2D eigenvalue weighted by Crippen LogP contribution is -2.21. The zero-order chi connectivity index (χ0) is 22.2. The van der Waals surface area contributed by atoms with Crippen LogP contribution in [-0.2, 0) is 11.3 Å². The van der Waals surface area contributed by atoms with Gasteiger partial charge in [-0.2, -0.15) is 0 Å². The van der Waals surface area contributed by atoms with E-state index in [0.717, 1.165) is 64.5 Å². The maximum atomic E-state index is 13.2. The molecule has 0 radical (unpaired) electrons. The Bertz CT molecular complexity index is 1240. The Morgan fingerprint density at radius 1 is 1.16 bits per heavy atom. The van der Waals surface area contributed by atoms with Gasteiger partial charge in [0.25, 0.3) is 5.91 Å².